The summed E-state index contributed by atoms with van der Waals surface area (Å²) in [5.41, 5.74) is 2.07. The van der Waals surface area contributed by atoms with Crippen LogP contribution in [0.3, 0.4) is 0 Å². The lowest BCUT2D eigenvalue weighted by atomic mass is 10.3. The van der Waals surface area contributed by atoms with Gasteiger partial charge in [0.05, 0.1) is 11.4 Å². The van der Waals surface area contributed by atoms with Crippen LogP contribution in [0.15, 0.2) is 58.8 Å². The molecule has 4 nitrogen and oxygen atoms in total. The highest BCUT2D eigenvalue weighted by atomic mass is 35.5. The summed E-state index contributed by atoms with van der Waals surface area (Å²) in [6.07, 6.45) is 0. The first-order valence-corrected chi connectivity index (χ1v) is 6.72. The van der Waals surface area contributed by atoms with E-state index in [-0.39, 0.29) is 11.8 Å². The number of nitrogens with zero attached hydrogens (tertiary/aromatic N) is 2. The predicted octanol–water partition coefficient (Wildman–Crippen LogP) is 4.93. The fourth-order valence-corrected chi connectivity index (χ4v) is 1.62. The van der Waals surface area contributed by atoms with E-state index in [9.17, 15) is 4.79 Å². The van der Waals surface area contributed by atoms with Gasteiger partial charge in [-0.1, -0.05) is 11.6 Å². The quantitative estimate of drug-likeness (QED) is 0.631. The van der Waals surface area contributed by atoms with Crippen LogP contribution in [0.1, 0.15) is 0 Å². The molecule has 0 saturated heterocycles. The molecule has 2 rings (SSSR count). The number of alkyl halides is 1. The van der Waals surface area contributed by atoms with Crippen molar-refractivity contribution >= 4 is 46.2 Å². The van der Waals surface area contributed by atoms with Gasteiger partial charge in [-0.05, 0) is 48.5 Å². The predicted molar refractivity (Wildman–Crippen MR) is 81.4 cm³/mol. The minimum atomic E-state index is -0.248. The van der Waals surface area contributed by atoms with Gasteiger partial charge in [-0.15, -0.1) is 11.6 Å². The molecule has 102 valence electrons. The average Bonchev–Trinajstić information content (AvgIpc) is 2.48. The average molecular weight is 308 g/mol. The van der Waals surface area contributed by atoms with Crippen molar-refractivity contribution in [2.24, 2.45) is 10.2 Å². The van der Waals surface area contributed by atoms with E-state index in [2.05, 4.69) is 15.5 Å². The number of benzene rings is 2. The Morgan fingerprint density at radius 1 is 0.950 bits per heavy atom. The molecule has 2 aromatic rings. The smallest absolute Gasteiger partial charge is 0.239 e. The van der Waals surface area contributed by atoms with Crippen molar-refractivity contribution in [3.63, 3.8) is 0 Å². The zero-order chi connectivity index (χ0) is 14.4. The van der Waals surface area contributed by atoms with Gasteiger partial charge in [-0.25, -0.2) is 0 Å². The van der Waals surface area contributed by atoms with Crippen molar-refractivity contribution in [2.75, 3.05) is 11.2 Å². The molecule has 0 atom stereocenters. The lowest BCUT2D eigenvalue weighted by molar-refractivity contribution is -0.113. The van der Waals surface area contributed by atoms with E-state index in [4.69, 9.17) is 23.2 Å². The van der Waals surface area contributed by atoms with Crippen molar-refractivity contribution in [1.29, 1.82) is 0 Å². The van der Waals surface area contributed by atoms with Gasteiger partial charge in [0, 0.05) is 10.7 Å². The topological polar surface area (TPSA) is 53.8 Å². The summed E-state index contributed by atoms with van der Waals surface area (Å²) in [7, 11) is 0. The van der Waals surface area contributed by atoms with Crippen LogP contribution in [0.25, 0.3) is 0 Å². The summed E-state index contributed by atoms with van der Waals surface area (Å²) in [5.74, 6) is -0.319. The third kappa shape index (κ3) is 4.33. The molecule has 20 heavy (non-hydrogen) atoms. The van der Waals surface area contributed by atoms with Crippen molar-refractivity contribution in [2.45, 2.75) is 0 Å². The molecule has 0 saturated carbocycles. The standard InChI is InChI=1S/C14H11Cl2N3O/c15-9-14(20)17-11-5-7-13(8-6-11)19-18-12-3-1-10(16)2-4-12/h1-8H,9H2,(H,17,20). The SMILES string of the molecule is O=C(CCl)Nc1ccc(N=Nc2ccc(Cl)cc2)cc1. The van der Waals surface area contributed by atoms with Gasteiger partial charge >= 0.3 is 0 Å². The molecule has 0 bridgehead atoms. The van der Waals surface area contributed by atoms with Gasteiger partial charge in [-0.3, -0.25) is 4.79 Å². The number of hydrogen-bond acceptors (Lipinski definition) is 3. The Morgan fingerprint density at radius 2 is 1.45 bits per heavy atom. The second-order valence-electron chi connectivity index (χ2n) is 3.91. The van der Waals surface area contributed by atoms with Crippen LogP contribution in [0, 0.1) is 0 Å². The van der Waals surface area contributed by atoms with Crippen molar-refractivity contribution in [3.05, 3.63) is 53.6 Å². The van der Waals surface area contributed by atoms with E-state index in [1.54, 1.807) is 48.5 Å². The summed E-state index contributed by atoms with van der Waals surface area (Å²) in [5, 5.41) is 11.5. The molecule has 0 aliphatic carbocycles. The fourth-order valence-electron chi connectivity index (χ4n) is 1.43. The van der Waals surface area contributed by atoms with E-state index in [0.717, 1.165) is 0 Å². The second kappa shape index (κ2) is 7.03. The molecular formula is C14H11Cl2N3O. The van der Waals surface area contributed by atoms with E-state index < -0.39 is 0 Å². The molecular weight excluding hydrogens is 297 g/mol. The van der Waals surface area contributed by atoms with E-state index in [0.29, 0.717) is 22.1 Å². The maximum absolute atomic E-state index is 11.1. The molecule has 1 amide bonds. The fraction of sp³-hybridized carbons (Fsp3) is 0.0714. The highest BCUT2D eigenvalue weighted by Crippen LogP contribution is 2.21. The van der Waals surface area contributed by atoms with Crippen LogP contribution in [-0.4, -0.2) is 11.8 Å². The monoisotopic (exact) mass is 307 g/mol. The Kier molecular flexibility index (Phi) is 5.09. The van der Waals surface area contributed by atoms with Crippen LogP contribution >= 0.6 is 23.2 Å². The van der Waals surface area contributed by atoms with E-state index in [1.807, 2.05) is 0 Å². The normalized spacial score (nSPS) is 10.7. The summed E-state index contributed by atoms with van der Waals surface area (Å²) >= 11 is 11.2. The molecule has 0 heterocycles. The highest BCUT2D eigenvalue weighted by molar-refractivity contribution is 6.30. The van der Waals surface area contributed by atoms with E-state index in [1.165, 1.54) is 0 Å². The maximum atomic E-state index is 11.1. The minimum Gasteiger partial charge on any atom is -0.325 e. The van der Waals surface area contributed by atoms with Gasteiger partial charge in [0.1, 0.15) is 5.88 Å². The van der Waals surface area contributed by atoms with Gasteiger partial charge in [-0.2, -0.15) is 10.2 Å². The zero-order valence-electron chi connectivity index (χ0n) is 10.4. The molecule has 6 heteroatoms. The number of nitrogens with one attached hydrogen (secondary N) is 1. The summed E-state index contributed by atoms with van der Waals surface area (Å²) in [4.78, 5) is 11.1. The minimum absolute atomic E-state index is 0.0714. The number of hydrogen-bond donors (Lipinski definition) is 1. The summed E-state index contributed by atoms with van der Waals surface area (Å²) in [6.45, 7) is 0. The van der Waals surface area contributed by atoms with E-state index >= 15 is 0 Å². The molecule has 0 fully saturated rings. The molecule has 0 spiro atoms. The lowest BCUT2D eigenvalue weighted by Gasteiger charge is -2.02. The zero-order valence-corrected chi connectivity index (χ0v) is 11.9. The first kappa shape index (κ1) is 14.5. The molecule has 0 radical (unpaired) electrons. The molecule has 2 aromatic carbocycles. The largest absolute Gasteiger partial charge is 0.325 e. The number of halogens is 2. The first-order valence-electron chi connectivity index (χ1n) is 5.80. The second-order valence-corrected chi connectivity index (χ2v) is 4.61. The number of carbonyl (C=O) groups excluding carboxylic acids is 1. The van der Waals surface area contributed by atoms with Gasteiger partial charge < -0.3 is 5.32 Å². The van der Waals surface area contributed by atoms with Crippen molar-refractivity contribution in [3.8, 4) is 0 Å². The van der Waals surface area contributed by atoms with Gasteiger partial charge in [0.25, 0.3) is 0 Å². The Bertz CT molecular complexity index is 609. The highest BCUT2D eigenvalue weighted by Gasteiger charge is 1.99. The van der Waals surface area contributed by atoms with Crippen LogP contribution in [-0.2, 0) is 4.79 Å². The molecule has 0 aliphatic rings. The first-order chi connectivity index (χ1) is 9.67. The van der Waals surface area contributed by atoms with Gasteiger partial charge in [0.2, 0.25) is 5.91 Å². The Hall–Kier alpha value is -1.91. The molecule has 0 aliphatic heterocycles. The Morgan fingerprint density at radius 3 is 1.95 bits per heavy atom. The van der Waals surface area contributed by atoms with Crippen LogP contribution in [0.2, 0.25) is 5.02 Å². The number of azo groups is 1. The number of rotatable bonds is 4. The van der Waals surface area contributed by atoms with Crippen LogP contribution in [0.4, 0.5) is 17.1 Å². The van der Waals surface area contributed by atoms with Crippen molar-refractivity contribution in [1.82, 2.24) is 0 Å². The van der Waals surface area contributed by atoms with Crippen LogP contribution < -0.4 is 5.32 Å². The maximum Gasteiger partial charge on any atom is 0.239 e. The van der Waals surface area contributed by atoms with Crippen molar-refractivity contribution < 1.29 is 4.79 Å². The van der Waals surface area contributed by atoms with Crippen LogP contribution in [0.5, 0.6) is 0 Å². The molecule has 0 unspecified atom stereocenters. The third-order valence-corrected chi connectivity index (χ3v) is 2.87. The van der Waals surface area contributed by atoms with Gasteiger partial charge in [0.15, 0.2) is 0 Å². The third-order valence-electron chi connectivity index (χ3n) is 2.38. The molecule has 0 aromatic heterocycles. The Balaban J connectivity index is 2.03. The lowest BCUT2D eigenvalue weighted by Crippen LogP contribution is -2.12. The summed E-state index contributed by atoms with van der Waals surface area (Å²) in [6, 6.07) is 14.0. The Labute approximate surface area is 126 Å². The number of anilines is 1. The molecule has 1 N–H and O–H groups in total. The summed E-state index contributed by atoms with van der Waals surface area (Å²) < 4.78 is 0. The number of carbonyl (C=O) groups is 1. The number of amides is 1.